The van der Waals surface area contributed by atoms with Crippen LogP contribution in [0.4, 0.5) is 0 Å². The van der Waals surface area contributed by atoms with Gasteiger partial charge in [-0.15, -0.1) is 0 Å². The first-order chi connectivity index (χ1) is 15.6. The normalized spacial score (nSPS) is 13.0. The van der Waals surface area contributed by atoms with Crippen LogP contribution in [0.15, 0.2) is 60.7 Å². The van der Waals surface area contributed by atoms with Gasteiger partial charge in [0.25, 0.3) is 0 Å². The maximum absolute atomic E-state index is 13.4. The fraction of sp³-hybridized carbons (Fsp3) is 0.296. The zero-order valence-electron chi connectivity index (χ0n) is 18.9. The number of hydrogen-bond acceptors (Lipinski definition) is 5. The van der Waals surface area contributed by atoms with Crippen molar-refractivity contribution >= 4 is 5.97 Å². The summed E-state index contributed by atoms with van der Waals surface area (Å²) in [5.41, 5.74) is 4.32. The van der Waals surface area contributed by atoms with Crippen LogP contribution in [0.5, 0.6) is 17.2 Å². The van der Waals surface area contributed by atoms with E-state index < -0.39 is 5.97 Å². The summed E-state index contributed by atoms with van der Waals surface area (Å²) in [4.78, 5) is 15.7. The molecule has 166 valence electrons. The van der Waals surface area contributed by atoms with Crippen molar-refractivity contribution < 1.29 is 19.0 Å². The van der Waals surface area contributed by atoms with E-state index in [1.807, 2.05) is 55.5 Å². The summed E-state index contributed by atoms with van der Waals surface area (Å²) < 4.78 is 17.9. The standard InChI is InChI=1S/C27H29NO4/c1-4-15-28-16-22-23(17-28)26(31-18-20-11-7-5-8-12-20)24(19(2)25(22)30-3)27(29)32-21-13-9-6-10-14-21/h5-14H,4,15-18H2,1-3H3. The van der Waals surface area contributed by atoms with Crippen LogP contribution in [0, 0.1) is 6.92 Å². The zero-order valence-corrected chi connectivity index (χ0v) is 18.9. The summed E-state index contributed by atoms with van der Waals surface area (Å²) in [7, 11) is 1.65. The molecule has 0 unspecified atom stereocenters. The number of methoxy groups -OCH3 is 1. The number of esters is 1. The summed E-state index contributed by atoms with van der Waals surface area (Å²) in [6.45, 7) is 6.91. The predicted octanol–water partition coefficient (Wildman–Crippen LogP) is 5.53. The molecule has 1 heterocycles. The first-order valence-corrected chi connectivity index (χ1v) is 11.0. The van der Waals surface area contributed by atoms with Crippen molar-refractivity contribution in [1.29, 1.82) is 0 Å². The van der Waals surface area contributed by atoms with Gasteiger partial charge in [0.15, 0.2) is 0 Å². The van der Waals surface area contributed by atoms with Crippen LogP contribution in [0.25, 0.3) is 0 Å². The monoisotopic (exact) mass is 431 g/mol. The lowest BCUT2D eigenvalue weighted by molar-refractivity contribution is 0.0728. The molecule has 4 rings (SSSR count). The van der Waals surface area contributed by atoms with Crippen molar-refractivity contribution in [2.24, 2.45) is 0 Å². The quantitative estimate of drug-likeness (QED) is 0.347. The highest BCUT2D eigenvalue weighted by Crippen LogP contribution is 2.44. The Morgan fingerprint density at radius 2 is 1.56 bits per heavy atom. The van der Waals surface area contributed by atoms with Crippen LogP contribution in [0.1, 0.15) is 46.0 Å². The van der Waals surface area contributed by atoms with Crippen molar-refractivity contribution in [3.63, 3.8) is 0 Å². The highest BCUT2D eigenvalue weighted by Gasteiger charge is 2.33. The summed E-state index contributed by atoms with van der Waals surface area (Å²) >= 11 is 0. The molecule has 0 aromatic heterocycles. The Morgan fingerprint density at radius 1 is 0.938 bits per heavy atom. The van der Waals surface area contributed by atoms with Crippen molar-refractivity contribution in [3.8, 4) is 17.2 Å². The smallest absolute Gasteiger partial charge is 0.347 e. The summed E-state index contributed by atoms with van der Waals surface area (Å²) in [6, 6.07) is 19.1. The highest BCUT2D eigenvalue weighted by atomic mass is 16.5. The molecular formula is C27H29NO4. The third-order valence-electron chi connectivity index (χ3n) is 5.75. The summed E-state index contributed by atoms with van der Waals surface area (Å²) in [5.74, 6) is 1.40. The number of ether oxygens (including phenoxy) is 3. The Bertz CT molecular complexity index is 1080. The van der Waals surface area contributed by atoms with Gasteiger partial charge in [-0.1, -0.05) is 55.5 Å². The van der Waals surface area contributed by atoms with Gasteiger partial charge in [0, 0.05) is 29.8 Å². The van der Waals surface area contributed by atoms with Crippen LogP contribution < -0.4 is 14.2 Å². The largest absolute Gasteiger partial charge is 0.496 e. The minimum atomic E-state index is -0.438. The van der Waals surface area contributed by atoms with Crippen molar-refractivity contribution in [2.75, 3.05) is 13.7 Å². The Kier molecular flexibility index (Phi) is 6.76. The Labute approximate surface area is 189 Å². The number of benzene rings is 3. The van der Waals surface area contributed by atoms with E-state index in [-0.39, 0.29) is 0 Å². The summed E-state index contributed by atoms with van der Waals surface area (Å²) in [6.07, 6.45) is 1.05. The minimum Gasteiger partial charge on any atom is -0.496 e. The number of fused-ring (bicyclic) bond motifs is 1. The van der Waals surface area contributed by atoms with Crippen molar-refractivity contribution in [2.45, 2.75) is 40.0 Å². The van der Waals surface area contributed by atoms with Gasteiger partial charge < -0.3 is 14.2 Å². The topological polar surface area (TPSA) is 48.0 Å². The SMILES string of the molecule is CCCN1Cc2c(c(OCc3ccccc3)c(C(=O)Oc3ccccc3)c(C)c2OC)C1. The highest BCUT2D eigenvalue weighted by molar-refractivity contribution is 5.97. The van der Waals surface area contributed by atoms with E-state index in [1.54, 1.807) is 19.2 Å². The molecule has 0 N–H and O–H groups in total. The van der Waals surface area contributed by atoms with E-state index in [9.17, 15) is 4.79 Å². The molecular weight excluding hydrogens is 402 g/mol. The van der Waals surface area contributed by atoms with Crippen LogP contribution in [0.2, 0.25) is 0 Å². The third-order valence-corrected chi connectivity index (χ3v) is 5.75. The van der Waals surface area contributed by atoms with E-state index in [0.29, 0.717) is 23.7 Å². The molecule has 5 heteroatoms. The Morgan fingerprint density at radius 3 is 2.19 bits per heavy atom. The van der Waals surface area contributed by atoms with E-state index in [0.717, 1.165) is 54.1 Å². The van der Waals surface area contributed by atoms with Gasteiger partial charge >= 0.3 is 5.97 Å². The molecule has 32 heavy (non-hydrogen) atoms. The van der Waals surface area contributed by atoms with Crippen molar-refractivity contribution in [3.05, 3.63) is 88.5 Å². The molecule has 0 spiro atoms. The maximum atomic E-state index is 13.4. The molecule has 0 amide bonds. The van der Waals surface area contributed by atoms with Gasteiger partial charge in [-0.3, -0.25) is 4.90 Å². The van der Waals surface area contributed by atoms with Gasteiger partial charge in [0.2, 0.25) is 0 Å². The van der Waals surface area contributed by atoms with Crippen molar-refractivity contribution in [1.82, 2.24) is 4.90 Å². The average molecular weight is 432 g/mol. The average Bonchev–Trinajstić information content (AvgIpc) is 3.22. The molecule has 3 aromatic carbocycles. The minimum absolute atomic E-state index is 0.373. The Hall–Kier alpha value is -3.31. The van der Waals surface area contributed by atoms with Gasteiger partial charge in [-0.25, -0.2) is 4.79 Å². The lowest BCUT2D eigenvalue weighted by Crippen LogP contribution is -2.17. The molecule has 1 aliphatic heterocycles. The first kappa shape index (κ1) is 21.9. The maximum Gasteiger partial charge on any atom is 0.347 e. The molecule has 1 aliphatic rings. The molecule has 0 atom stereocenters. The number of rotatable bonds is 8. The molecule has 0 bridgehead atoms. The van der Waals surface area contributed by atoms with Crippen LogP contribution in [-0.2, 0) is 19.7 Å². The van der Waals surface area contributed by atoms with E-state index in [4.69, 9.17) is 14.2 Å². The Balaban J connectivity index is 1.77. The number of para-hydroxylation sites is 1. The number of carbonyl (C=O) groups is 1. The predicted molar refractivity (Wildman–Crippen MR) is 124 cm³/mol. The second kappa shape index (κ2) is 9.88. The molecule has 0 fully saturated rings. The lowest BCUT2D eigenvalue weighted by Gasteiger charge is -2.20. The van der Waals surface area contributed by atoms with E-state index in [1.165, 1.54) is 0 Å². The van der Waals surface area contributed by atoms with Crippen LogP contribution >= 0.6 is 0 Å². The third kappa shape index (κ3) is 4.48. The fourth-order valence-corrected chi connectivity index (χ4v) is 4.30. The second-order valence-electron chi connectivity index (χ2n) is 8.01. The van der Waals surface area contributed by atoms with Gasteiger partial charge in [-0.05, 0) is 37.6 Å². The second-order valence-corrected chi connectivity index (χ2v) is 8.01. The van der Waals surface area contributed by atoms with Gasteiger partial charge in [0.1, 0.15) is 29.4 Å². The molecule has 0 radical (unpaired) electrons. The van der Waals surface area contributed by atoms with Gasteiger partial charge in [-0.2, -0.15) is 0 Å². The first-order valence-electron chi connectivity index (χ1n) is 11.0. The molecule has 0 saturated carbocycles. The van der Waals surface area contributed by atoms with E-state index in [2.05, 4.69) is 11.8 Å². The van der Waals surface area contributed by atoms with Crippen LogP contribution in [-0.4, -0.2) is 24.5 Å². The number of nitrogens with zero attached hydrogens (tertiary/aromatic N) is 1. The van der Waals surface area contributed by atoms with Gasteiger partial charge in [0.05, 0.1) is 7.11 Å². The molecule has 5 nitrogen and oxygen atoms in total. The molecule has 0 saturated heterocycles. The molecule has 0 aliphatic carbocycles. The van der Waals surface area contributed by atoms with Crippen LogP contribution in [0.3, 0.4) is 0 Å². The van der Waals surface area contributed by atoms with E-state index >= 15 is 0 Å². The molecule has 3 aromatic rings. The number of carbonyl (C=O) groups excluding carboxylic acids is 1. The summed E-state index contributed by atoms with van der Waals surface area (Å²) in [5, 5.41) is 0. The fourth-order valence-electron chi connectivity index (χ4n) is 4.30. The number of hydrogen-bond donors (Lipinski definition) is 0. The zero-order chi connectivity index (χ0) is 22.5. The lowest BCUT2D eigenvalue weighted by atomic mass is 9.97.